The third-order valence-corrected chi connectivity index (χ3v) is 6.34. The molecule has 1 aromatic carbocycles. The minimum absolute atomic E-state index is 0.669. The summed E-state index contributed by atoms with van der Waals surface area (Å²) in [4.78, 5) is 8.80. The minimum Gasteiger partial charge on any atom is -0.384 e. The number of anilines is 1. The van der Waals surface area contributed by atoms with Crippen LogP contribution in [0.25, 0.3) is 5.57 Å². The van der Waals surface area contributed by atoms with Crippen LogP contribution in [-0.4, -0.2) is 23.6 Å². The summed E-state index contributed by atoms with van der Waals surface area (Å²) in [5, 5.41) is 4.23. The summed E-state index contributed by atoms with van der Waals surface area (Å²) < 4.78 is 4.90. The highest BCUT2D eigenvalue weighted by atomic mass is 35.5. The van der Waals surface area contributed by atoms with Crippen molar-refractivity contribution in [1.29, 1.82) is 0 Å². The van der Waals surface area contributed by atoms with Gasteiger partial charge >= 0.3 is 0 Å². The van der Waals surface area contributed by atoms with Crippen LogP contribution in [0.3, 0.4) is 0 Å². The molecule has 4 nitrogen and oxygen atoms in total. The fourth-order valence-electron chi connectivity index (χ4n) is 4.62. The van der Waals surface area contributed by atoms with Gasteiger partial charge < -0.3 is 10.1 Å². The van der Waals surface area contributed by atoms with Gasteiger partial charge in [-0.2, -0.15) is 0 Å². The lowest BCUT2D eigenvalue weighted by Gasteiger charge is -2.18. The van der Waals surface area contributed by atoms with E-state index in [0.717, 1.165) is 61.3 Å². The quantitative estimate of drug-likeness (QED) is 0.321. The lowest BCUT2D eigenvalue weighted by molar-refractivity contribution is 0.185. The van der Waals surface area contributed by atoms with Crippen LogP contribution < -0.4 is 5.32 Å². The number of aryl methyl sites for hydroxylation is 2. The SMILES string of the molecule is CC.CCCC(CCC)=C1c2ccc(Cl)cc2CCc2cc(NCC)cnc21.COCc1ccncc1. The largest absolute Gasteiger partial charge is 0.384 e. The van der Waals surface area contributed by atoms with Crippen molar-refractivity contribution in [2.24, 2.45) is 0 Å². The summed E-state index contributed by atoms with van der Waals surface area (Å²) >= 11 is 6.32. The van der Waals surface area contributed by atoms with E-state index < -0.39 is 0 Å². The Labute approximate surface area is 229 Å². The molecule has 0 aliphatic heterocycles. The van der Waals surface area contributed by atoms with Gasteiger partial charge in [-0.1, -0.05) is 63.8 Å². The highest BCUT2D eigenvalue weighted by molar-refractivity contribution is 6.30. The van der Waals surface area contributed by atoms with Crippen molar-refractivity contribution >= 4 is 22.9 Å². The Morgan fingerprint density at radius 1 is 0.946 bits per heavy atom. The molecule has 0 saturated heterocycles. The Morgan fingerprint density at radius 2 is 1.62 bits per heavy atom. The number of halogens is 1. The summed E-state index contributed by atoms with van der Waals surface area (Å²) in [5.41, 5.74) is 10.4. The zero-order valence-electron chi connectivity index (χ0n) is 23.5. The molecule has 0 bridgehead atoms. The highest BCUT2D eigenvalue weighted by Crippen LogP contribution is 2.38. The van der Waals surface area contributed by atoms with Gasteiger partial charge in [-0.15, -0.1) is 0 Å². The first-order valence-electron chi connectivity index (χ1n) is 13.7. The lowest BCUT2D eigenvalue weighted by Crippen LogP contribution is -2.04. The molecule has 0 fully saturated rings. The van der Waals surface area contributed by atoms with Gasteiger partial charge in [0.05, 0.1) is 24.2 Å². The molecule has 0 amide bonds. The van der Waals surface area contributed by atoms with Crippen LogP contribution in [0.5, 0.6) is 0 Å². The molecule has 2 heterocycles. The second kappa shape index (κ2) is 16.9. The van der Waals surface area contributed by atoms with Crippen LogP contribution in [0.15, 0.2) is 60.6 Å². The van der Waals surface area contributed by atoms with Crippen molar-refractivity contribution in [3.63, 3.8) is 0 Å². The topological polar surface area (TPSA) is 47.0 Å². The molecule has 4 rings (SSSR count). The van der Waals surface area contributed by atoms with Crippen LogP contribution in [0.2, 0.25) is 5.02 Å². The van der Waals surface area contributed by atoms with E-state index >= 15 is 0 Å². The monoisotopic (exact) mass is 521 g/mol. The summed E-state index contributed by atoms with van der Waals surface area (Å²) in [5.74, 6) is 0. The number of ether oxygens (including phenoxy) is 1. The second-order valence-electron chi connectivity index (χ2n) is 8.83. The van der Waals surface area contributed by atoms with E-state index in [-0.39, 0.29) is 0 Å². The normalized spacial score (nSPS) is 11.6. The van der Waals surface area contributed by atoms with Gasteiger partial charge in [0, 0.05) is 36.6 Å². The van der Waals surface area contributed by atoms with Crippen molar-refractivity contribution in [1.82, 2.24) is 9.97 Å². The molecule has 1 aliphatic rings. The number of fused-ring (bicyclic) bond motifs is 2. The molecule has 0 radical (unpaired) electrons. The summed E-state index contributed by atoms with van der Waals surface area (Å²) in [7, 11) is 1.68. The molecule has 200 valence electrons. The second-order valence-corrected chi connectivity index (χ2v) is 9.27. The van der Waals surface area contributed by atoms with E-state index in [1.807, 2.05) is 38.2 Å². The Kier molecular flexibility index (Phi) is 14.0. The summed E-state index contributed by atoms with van der Waals surface area (Å²) in [6, 6.07) is 12.5. The van der Waals surface area contributed by atoms with E-state index in [9.17, 15) is 0 Å². The summed E-state index contributed by atoms with van der Waals surface area (Å²) in [6.45, 7) is 12.2. The lowest BCUT2D eigenvalue weighted by atomic mass is 9.89. The maximum atomic E-state index is 6.32. The van der Waals surface area contributed by atoms with E-state index in [4.69, 9.17) is 21.3 Å². The molecule has 0 unspecified atom stereocenters. The number of benzene rings is 1. The molecule has 3 aromatic rings. The van der Waals surface area contributed by atoms with Crippen LogP contribution >= 0.6 is 11.6 Å². The molecule has 0 atom stereocenters. The van der Waals surface area contributed by atoms with Crippen LogP contribution in [0, 0.1) is 0 Å². The van der Waals surface area contributed by atoms with Crippen molar-refractivity contribution in [3.8, 4) is 0 Å². The van der Waals surface area contributed by atoms with Gasteiger partial charge in [0.15, 0.2) is 0 Å². The zero-order chi connectivity index (χ0) is 27.0. The molecule has 1 N–H and O–H groups in total. The molecule has 5 heteroatoms. The number of allylic oxidation sites excluding steroid dienone is 1. The number of hydrogen-bond acceptors (Lipinski definition) is 4. The number of aromatic nitrogens is 2. The zero-order valence-corrected chi connectivity index (χ0v) is 24.3. The van der Waals surface area contributed by atoms with Crippen molar-refractivity contribution in [3.05, 3.63) is 93.5 Å². The average molecular weight is 522 g/mol. The third-order valence-electron chi connectivity index (χ3n) is 6.10. The van der Waals surface area contributed by atoms with Gasteiger partial charge in [-0.3, -0.25) is 9.97 Å². The van der Waals surface area contributed by atoms with Gasteiger partial charge in [-0.05, 0) is 85.2 Å². The summed E-state index contributed by atoms with van der Waals surface area (Å²) in [6.07, 6.45) is 12.1. The van der Waals surface area contributed by atoms with Crippen LogP contribution in [0.4, 0.5) is 5.69 Å². The first kappa shape index (κ1) is 30.5. The maximum absolute atomic E-state index is 6.32. The molecular weight excluding hydrogens is 478 g/mol. The third kappa shape index (κ3) is 8.98. The van der Waals surface area contributed by atoms with Gasteiger partial charge in [0.2, 0.25) is 0 Å². The number of pyridine rings is 2. The predicted molar refractivity (Wildman–Crippen MR) is 159 cm³/mol. The number of nitrogens with one attached hydrogen (secondary N) is 1. The average Bonchev–Trinajstić information content (AvgIpc) is 3.07. The van der Waals surface area contributed by atoms with Gasteiger partial charge in [0.25, 0.3) is 0 Å². The highest BCUT2D eigenvalue weighted by Gasteiger charge is 2.22. The molecule has 2 aromatic heterocycles. The van der Waals surface area contributed by atoms with Crippen LogP contribution in [-0.2, 0) is 24.2 Å². The van der Waals surface area contributed by atoms with Crippen LogP contribution in [0.1, 0.15) is 88.2 Å². The smallest absolute Gasteiger partial charge is 0.0741 e. The van der Waals surface area contributed by atoms with E-state index in [0.29, 0.717) is 6.61 Å². The molecule has 0 saturated carbocycles. The first-order chi connectivity index (χ1) is 18.1. The Balaban J connectivity index is 0.000000367. The fraction of sp³-hybridized carbons (Fsp3) is 0.438. The molecule has 0 spiro atoms. The predicted octanol–water partition coefficient (Wildman–Crippen LogP) is 8.92. The van der Waals surface area contributed by atoms with Gasteiger partial charge in [0.1, 0.15) is 0 Å². The number of hydrogen-bond donors (Lipinski definition) is 1. The van der Waals surface area contributed by atoms with E-state index in [1.54, 1.807) is 19.5 Å². The molecule has 1 aliphatic carbocycles. The standard InChI is InChI=1S/C23H29ClN2.C7H9NO.C2H6/c1-4-7-16(8-5-2)22-21-12-11-19(24)13-17(21)9-10-18-14-20(25-6-3)15-26-23(18)22;1-9-6-7-2-4-8-5-3-7;1-2/h11-15,25H,4-10H2,1-3H3;2-5H,6H2,1H3;1-2H3. The van der Waals surface area contributed by atoms with Crippen molar-refractivity contribution in [2.45, 2.75) is 79.8 Å². The fourth-order valence-corrected chi connectivity index (χ4v) is 4.81. The molecular formula is C32H44ClN3O. The van der Waals surface area contributed by atoms with E-state index in [1.165, 1.54) is 33.5 Å². The van der Waals surface area contributed by atoms with Crippen molar-refractivity contribution < 1.29 is 4.74 Å². The number of methoxy groups -OCH3 is 1. The maximum Gasteiger partial charge on any atom is 0.0741 e. The molecule has 37 heavy (non-hydrogen) atoms. The minimum atomic E-state index is 0.669. The Bertz CT molecular complexity index is 1100. The van der Waals surface area contributed by atoms with Gasteiger partial charge in [-0.25, -0.2) is 0 Å². The first-order valence-corrected chi connectivity index (χ1v) is 14.1. The van der Waals surface area contributed by atoms with E-state index in [2.05, 4.69) is 49.3 Å². The Morgan fingerprint density at radius 3 is 2.24 bits per heavy atom. The number of nitrogens with zero attached hydrogens (tertiary/aromatic N) is 2. The van der Waals surface area contributed by atoms with Crippen molar-refractivity contribution in [2.75, 3.05) is 19.0 Å². The Hall–Kier alpha value is -2.69. The number of rotatable bonds is 8.